The van der Waals surface area contributed by atoms with Crippen molar-refractivity contribution in [2.24, 2.45) is 0 Å². The monoisotopic (exact) mass is 326 g/mol. The van der Waals surface area contributed by atoms with Crippen molar-refractivity contribution in [2.75, 3.05) is 18.0 Å². The zero-order valence-corrected chi connectivity index (χ0v) is 14.2. The van der Waals surface area contributed by atoms with Crippen molar-refractivity contribution in [2.45, 2.75) is 26.4 Å². The van der Waals surface area contributed by atoms with Crippen molar-refractivity contribution < 1.29 is 5.11 Å². The van der Waals surface area contributed by atoms with Gasteiger partial charge in [0.1, 0.15) is 10.6 Å². The highest BCUT2D eigenvalue weighted by Gasteiger charge is 2.38. The van der Waals surface area contributed by atoms with Gasteiger partial charge in [0.05, 0.1) is 11.0 Å². The summed E-state index contributed by atoms with van der Waals surface area (Å²) in [5.41, 5.74) is 1.50. The minimum Gasteiger partial charge on any atom is -0.386 e. The molecule has 0 amide bonds. The molecule has 1 aliphatic rings. The molecule has 3 aromatic heterocycles. The van der Waals surface area contributed by atoms with Gasteiger partial charge in [-0.25, -0.2) is 9.97 Å². The predicted octanol–water partition coefficient (Wildman–Crippen LogP) is 2.94. The van der Waals surface area contributed by atoms with Crippen LogP contribution in [0.1, 0.15) is 17.4 Å². The number of β-amino-alcohol motifs (C(OH)–C–C–N with tert-alkyl or cyclic N) is 1. The molecule has 1 saturated heterocycles. The van der Waals surface area contributed by atoms with E-state index in [2.05, 4.69) is 23.7 Å². The Morgan fingerprint density at radius 1 is 1.26 bits per heavy atom. The van der Waals surface area contributed by atoms with Crippen LogP contribution < -0.4 is 4.90 Å². The zero-order valence-electron chi connectivity index (χ0n) is 13.4. The molecule has 3 aromatic rings. The van der Waals surface area contributed by atoms with E-state index < -0.39 is 5.60 Å². The smallest absolute Gasteiger partial charge is 0.164 e. The highest BCUT2D eigenvalue weighted by atomic mass is 32.1. The summed E-state index contributed by atoms with van der Waals surface area (Å²) in [7, 11) is 0. The molecule has 118 valence electrons. The van der Waals surface area contributed by atoms with Gasteiger partial charge in [-0.05, 0) is 38.5 Å². The molecule has 4 heterocycles. The van der Waals surface area contributed by atoms with Gasteiger partial charge in [0.25, 0.3) is 0 Å². The molecule has 0 bridgehead atoms. The molecule has 0 atom stereocenters. The topological polar surface area (TPSA) is 62.1 Å². The maximum absolute atomic E-state index is 10.1. The fourth-order valence-corrected chi connectivity index (χ4v) is 4.03. The van der Waals surface area contributed by atoms with E-state index in [-0.39, 0.29) is 0 Å². The number of thiophene rings is 1. The van der Waals surface area contributed by atoms with E-state index in [1.54, 1.807) is 23.7 Å². The molecule has 0 spiro atoms. The van der Waals surface area contributed by atoms with Crippen LogP contribution in [-0.4, -0.2) is 38.7 Å². The first-order chi connectivity index (χ1) is 10.9. The molecule has 4 rings (SSSR count). The predicted molar refractivity (Wildman–Crippen MR) is 93.0 cm³/mol. The molecule has 1 N–H and O–H groups in total. The number of hydrogen-bond donors (Lipinski definition) is 1. The minimum absolute atomic E-state index is 0.597. The third-order valence-corrected chi connectivity index (χ3v) is 5.39. The Hall–Kier alpha value is -2.05. The van der Waals surface area contributed by atoms with Crippen molar-refractivity contribution >= 4 is 27.4 Å². The molecule has 1 fully saturated rings. The Labute approximate surface area is 138 Å². The van der Waals surface area contributed by atoms with Crippen LogP contribution in [-0.2, 0) is 0 Å². The lowest BCUT2D eigenvalue weighted by Gasteiger charge is -2.45. The van der Waals surface area contributed by atoms with E-state index in [1.807, 2.05) is 19.1 Å². The molecular formula is C17H18N4OS. The van der Waals surface area contributed by atoms with Crippen LogP contribution in [0.25, 0.3) is 21.6 Å². The highest BCUT2D eigenvalue weighted by Crippen LogP contribution is 2.39. The lowest BCUT2D eigenvalue weighted by molar-refractivity contribution is 0.0307. The Morgan fingerprint density at radius 3 is 2.70 bits per heavy atom. The average molecular weight is 326 g/mol. The van der Waals surface area contributed by atoms with Gasteiger partial charge in [0.15, 0.2) is 5.82 Å². The fraction of sp³-hybridized carbons (Fsp3) is 0.353. The second-order valence-corrected chi connectivity index (χ2v) is 7.63. The van der Waals surface area contributed by atoms with Crippen molar-refractivity contribution in [1.29, 1.82) is 0 Å². The summed E-state index contributed by atoms with van der Waals surface area (Å²) in [5.74, 6) is 1.61. The number of nitrogens with zero attached hydrogens (tertiary/aromatic N) is 4. The molecule has 0 unspecified atom stereocenters. The van der Waals surface area contributed by atoms with E-state index in [0.717, 1.165) is 21.6 Å². The minimum atomic E-state index is -0.634. The fourth-order valence-electron chi connectivity index (χ4n) is 3.01. The third-order valence-electron chi connectivity index (χ3n) is 4.29. The summed E-state index contributed by atoms with van der Waals surface area (Å²) in [6.45, 7) is 7.28. The van der Waals surface area contributed by atoms with Gasteiger partial charge in [-0.15, -0.1) is 11.3 Å². The lowest BCUT2D eigenvalue weighted by Crippen LogP contribution is -2.60. The molecule has 23 heavy (non-hydrogen) atoms. The van der Waals surface area contributed by atoms with Gasteiger partial charge in [0.2, 0.25) is 0 Å². The summed E-state index contributed by atoms with van der Waals surface area (Å²) >= 11 is 1.69. The van der Waals surface area contributed by atoms with E-state index in [4.69, 9.17) is 9.97 Å². The van der Waals surface area contributed by atoms with Crippen LogP contribution in [0.3, 0.4) is 0 Å². The van der Waals surface area contributed by atoms with Crippen LogP contribution in [0.15, 0.2) is 24.5 Å². The van der Waals surface area contributed by atoms with Crippen molar-refractivity contribution in [3.63, 3.8) is 0 Å². The number of aliphatic hydroxyl groups is 1. The summed E-state index contributed by atoms with van der Waals surface area (Å²) in [6, 6.07) is 3.86. The standard InChI is InChI=1S/C17H18N4OS/c1-10-11(2)23-16-13(10)15(21-8-17(3,22)9-21)19-14(20-16)12-5-4-6-18-7-12/h4-7,22H,8-9H2,1-3H3. The van der Waals surface area contributed by atoms with Gasteiger partial charge >= 0.3 is 0 Å². The molecule has 0 aromatic carbocycles. The number of anilines is 1. The molecule has 6 heteroatoms. The van der Waals surface area contributed by atoms with E-state index in [0.29, 0.717) is 18.9 Å². The first-order valence-corrected chi connectivity index (χ1v) is 8.42. The first-order valence-electron chi connectivity index (χ1n) is 7.60. The van der Waals surface area contributed by atoms with Gasteiger partial charge in [-0.1, -0.05) is 0 Å². The summed E-state index contributed by atoms with van der Waals surface area (Å²) in [6.07, 6.45) is 3.53. The van der Waals surface area contributed by atoms with E-state index >= 15 is 0 Å². The van der Waals surface area contributed by atoms with Crippen LogP contribution in [0, 0.1) is 13.8 Å². The number of aromatic nitrogens is 3. The van der Waals surface area contributed by atoms with Crippen molar-refractivity contribution in [3.8, 4) is 11.4 Å². The summed E-state index contributed by atoms with van der Waals surface area (Å²) in [4.78, 5) is 18.1. The summed E-state index contributed by atoms with van der Waals surface area (Å²) in [5, 5.41) is 11.2. The molecule has 5 nitrogen and oxygen atoms in total. The SMILES string of the molecule is Cc1sc2nc(-c3cccnc3)nc(N3CC(C)(O)C3)c2c1C. The average Bonchev–Trinajstić information content (AvgIpc) is 2.80. The van der Waals surface area contributed by atoms with Crippen molar-refractivity contribution in [1.82, 2.24) is 15.0 Å². The number of fused-ring (bicyclic) bond motifs is 1. The quantitative estimate of drug-likeness (QED) is 0.784. The van der Waals surface area contributed by atoms with Crippen LogP contribution in [0.4, 0.5) is 5.82 Å². The maximum atomic E-state index is 10.1. The van der Waals surface area contributed by atoms with Crippen LogP contribution in [0.2, 0.25) is 0 Å². The Morgan fingerprint density at radius 2 is 2.04 bits per heavy atom. The maximum Gasteiger partial charge on any atom is 0.164 e. The molecule has 0 aliphatic carbocycles. The largest absolute Gasteiger partial charge is 0.386 e. The van der Waals surface area contributed by atoms with Gasteiger partial charge < -0.3 is 10.0 Å². The summed E-state index contributed by atoms with van der Waals surface area (Å²) < 4.78 is 0. The molecule has 1 aliphatic heterocycles. The van der Waals surface area contributed by atoms with Crippen LogP contribution >= 0.6 is 11.3 Å². The number of aryl methyl sites for hydroxylation is 2. The Bertz CT molecular complexity index is 880. The Kier molecular flexibility index (Phi) is 3.14. The van der Waals surface area contributed by atoms with Crippen molar-refractivity contribution in [3.05, 3.63) is 35.0 Å². The highest BCUT2D eigenvalue weighted by molar-refractivity contribution is 7.18. The molecule has 0 saturated carbocycles. The van der Waals surface area contributed by atoms with Gasteiger partial charge in [0, 0.05) is 35.9 Å². The second kappa shape index (κ2) is 4.97. The number of pyridine rings is 1. The number of rotatable bonds is 2. The van der Waals surface area contributed by atoms with Gasteiger partial charge in [-0.3, -0.25) is 4.98 Å². The second-order valence-electron chi connectivity index (χ2n) is 6.43. The first kappa shape index (κ1) is 14.5. The molecular weight excluding hydrogens is 308 g/mol. The van der Waals surface area contributed by atoms with E-state index in [1.165, 1.54) is 10.4 Å². The zero-order chi connectivity index (χ0) is 16.2. The van der Waals surface area contributed by atoms with E-state index in [9.17, 15) is 5.11 Å². The Balaban J connectivity index is 1.91. The lowest BCUT2D eigenvalue weighted by atomic mass is 9.96. The number of hydrogen-bond acceptors (Lipinski definition) is 6. The van der Waals surface area contributed by atoms with Crippen LogP contribution in [0.5, 0.6) is 0 Å². The van der Waals surface area contributed by atoms with Gasteiger partial charge in [-0.2, -0.15) is 0 Å². The normalized spacial score (nSPS) is 16.6. The molecule has 0 radical (unpaired) electrons. The third kappa shape index (κ3) is 2.38.